The summed E-state index contributed by atoms with van der Waals surface area (Å²) < 4.78 is 0. The third kappa shape index (κ3) is 5.74. The number of fused-ring (bicyclic) bond motifs is 1. The number of nitrogens with zero attached hydrogens (tertiary/aromatic N) is 2. The molecule has 0 saturated carbocycles. The van der Waals surface area contributed by atoms with E-state index < -0.39 is 0 Å². The fourth-order valence-corrected chi connectivity index (χ4v) is 5.80. The van der Waals surface area contributed by atoms with Crippen LogP contribution in [0.25, 0.3) is 11.1 Å². The second-order valence-corrected chi connectivity index (χ2v) is 11.0. The van der Waals surface area contributed by atoms with Crippen LogP contribution in [-0.4, -0.2) is 5.91 Å². The van der Waals surface area contributed by atoms with E-state index in [1.165, 1.54) is 5.57 Å². The smallest absolute Gasteiger partial charge is 0.260 e. The molecule has 1 aliphatic heterocycles. The Morgan fingerprint density at radius 3 is 2.05 bits per heavy atom. The zero-order valence-corrected chi connectivity index (χ0v) is 25.3. The fourth-order valence-electron chi connectivity index (χ4n) is 5.80. The molecule has 214 valence electrons. The molecule has 0 radical (unpaired) electrons. The monoisotopic (exact) mass is 570 g/mol. The van der Waals surface area contributed by atoms with Gasteiger partial charge in [0.25, 0.3) is 5.91 Å². The Morgan fingerprint density at radius 1 is 0.705 bits per heavy atom. The zero-order valence-electron chi connectivity index (χ0n) is 25.3. The van der Waals surface area contributed by atoms with Crippen molar-refractivity contribution in [1.29, 1.82) is 0 Å². The van der Waals surface area contributed by atoms with Gasteiger partial charge in [0.15, 0.2) is 5.82 Å². The van der Waals surface area contributed by atoms with Gasteiger partial charge in [-0.05, 0) is 84.4 Å². The molecule has 3 nitrogen and oxygen atoms in total. The van der Waals surface area contributed by atoms with Gasteiger partial charge in [-0.15, -0.1) is 0 Å². The Labute approximate surface area is 259 Å². The second kappa shape index (κ2) is 12.8. The van der Waals surface area contributed by atoms with Crippen LogP contribution < -0.4 is 15.5 Å². The number of allylic oxidation sites excluding steroid dienone is 1. The quantitative estimate of drug-likeness (QED) is 0.150. The van der Waals surface area contributed by atoms with Crippen molar-refractivity contribution < 1.29 is 4.79 Å². The second-order valence-electron chi connectivity index (χ2n) is 11.0. The average molecular weight is 571 g/mol. The van der Waals surface area contributed by atoms with Crippen LogP contribution in [0.15, 0.2) is 162 Å². The maximum Gasteiger partial charge on any atom is 0.260 e. The zero-order chi connectivity index (χ0) is 30.5. The van der Waals surface area contributed by atoms with Crippen molar-refractivity contribution in [2.24, 2.45) is 4.99 Å². The number of carbonyl (C=O) groups excluding carboxylic acids is 1. The van der Waals surface area contributed by atoms with E-state index in [9.17, 15) is 4.79 Å². The average Bonchev–Trinajstić information content (AvgIpc) is 3.05. The number of hydrogen-bond acceptors (Lipinski definition) is 2. The summed E-state index contributed by atoms with van der Waals surface area (Å²) in [5.74, 6) is 0.312. The number of carbonyl (C=O) groups is 1. The molecule has 6 rings (SSSR count). The lowest BCUT2D eigenvalue weighted by Gasteiger charge is -2.26. The molecule has 44 heavy (non-hydrogen) atoms. The Morgan fingerprint density at radius 2 is 1.32 bits per heavy atom. The van der Waals surface area contributed by atoms with Crippen molar-refractivity contribution in [1.82, 2.24) is 0 Å². The molecule has 0 bridgehead atoms. The molecular weight excluding hydrogens is 536 g/mol. The molecule has 5 aromatic rings. The number of anilines is 1. The molecule has 1 heterocycles. The third-order valence-electron chi connectivity index (χ3n) is 8.06. The maximum atomic E-state index is 14.9. The summed E-state index contributed by atoms with van der Waals surface area (Å²) >= 11 is 0. The Balaban J connectivity index is 1.60. The number of amides is 1. The molecule has 0 spiro atoms. The molecule has 5 aromatic carbocycles. The number of hydrogen-bond donors (Lipinski definition) is 0. The lowest BCUT2D eigenvalue weighted by Crippen LogP contribution is -2.34. The first kappa shape index (κ1) is 28.6. The molecule has 0 saturated heterocycles. The molecule has 0 atom stereocenters. The summed E-state index contributed by atoms with van der Waals surface area (Å²) in [5, 5.41) is 1.85. The molecule has 1 aliphatic rings. The fraction of sp³-hybridized carbons (Fsp3) is 0.0976. The van der Waals surface area contributed by atoms with E-state index in [0.717, 1.165) is 49.7 Å². The molecule has 0 N–H and O–H groups in total. The van der Waals surface area contributed by atoms with Crippen LogP contribution in [0.4, 0.5) is 5.69 Å². The van der Waals surface area contributed by atoms with Gasteiger partial charge in [0.1, 0.15) is 0 Å². The van der Waals surface area contributed by atoms with Crippen LogP contribution in [0, 0.1) is 13.8 Å². The van der Waals surface area contributed by atoms with Crippen molar-refractivity contribution in [3.8, 4) is 0 Å². The first-order valence-electron chi connectivity index (χ1n) is 14.9. The topological polar surface area (TPSA) is 32.7 Å². The van der Waals surface area contributed by atoms with E-state index in [0.29, 0.717) is 17.8 Å². The molecule has 3 heteroatoms. The molecule has 0 fully saturated rings. The van der Waals surface area contributed by atoms with Gasteiger partial charge in [0.05, 0.1) is 11.0 Å². The van der Waals surface area contributed by atoms with Crippen LogP contribution in [0.2, 0.25) is 0 Å². The number of aryl methyl sites for hydroxylation is 2. The Hall–Kier alpha value is -5.50. The van der Waals surface area contributed by atoms with E-state index in [4.69, 9.17) is 4.99 Å². The molecule has 0 aliphatic carbocycles. The first-order valence-corrected chi connectivity index (χ1v) is 14.9. The molecule has 1 amide bonds. The summed E-state index contributed by atoms with van der Waals surface area (Å²) in [4.78, 5) is 21.8. The minimum absolute atomic E-state index is 0.147. The minimum atomic E-state index is -0.147. The molecule has 0 unspecified atom stereocenters. The van der Waals surface area contributed by atoms with E-state index in [1.54, 1.807) is 4.90 Å². The number of rotatable bonds is 6. The van der Waals surface area contributed by atoms with Crippen molar-refractivity contribution >= 4 is 22.7 Å². The highest BCUT2D eigenvalue weighted by atomic mass is 16.2. The van der Waals surface area contributed by atoms with E-state index in [1.807, 2.05) is 98.8 Å². The summed E-state index contributed by atoms with van der Waals surface area (Å²) in [7, 11) is 0. The highest BCUT2D eigenvalue weighted by Crippen LogP contribution is 2.33. The highest BCUT2D eigenvalue weighted by Gasteiger charge is 2.26. The lowest BCUT2D eigenvalue weighted by atomic mass is 9.90. The van der Waals surface area contributed by atoms with Gasteiger partial charge in [0.2, 0.25) is 0 Å². The van der Waals surface area contributed by atoms with Crippen molar-refractivity contribution in [2.75, 3.05) is 4.90 Å². The summed E-state index contributed by atoms with van der Waals surface area (Å²) in [6.07, 6.45) is 2.65. The number of benzene rings is 5. The normalized spacial score (nSPS) is 15.1. The van der Waals surface area contributed by atoms with Crippen molar-refractivity contribution in [2.45, 2.75) is 27.2 Å². The van der Waals surface area contributed by atoms with Crippen molar-refractivity contribution in [3.05, 3.63) is 195 Å². The van der Waals surface area contributed by atoms with Crippen LogP contribution >= 0.6 is 0 Å². The van der Waals surface area contributed by atoms with Crippen molar-refractivity contribution in [3.63, 3.8) is 0 Å². The van der Waals surface area contributed by atoms with Gasteiger partial charge >= 0.3 is 0 Å². The molecule has 0 aromatic heterocycles. The predicted molar refractivity (Wildman–Crippen MR) is 180 cm³/mol. The van der Waals surface area contributed by atoms with Gasteiger partial charge in [-0.1, -0.05) is 127 Å². The summed E-state index contributed by atoms with van der Waals surface area (Å²) in [6.45, 7) is 6.03. The van der Waals surface area contributed by atoms with Crippen LogP contribution in [0.5, 0.6) is 0 Å². The Bertz CT molecular complexity index is 2060. The minimum Gasteiger partial charge on any atom is -0.269 e. The van der Waals surface area contributed by atoms with Crippen LogP contribution in [-0.2, 0) is 4.79 Å². The summed E-state index contributed by atoms with van der Waals surface area (Å²) in [6, 6.07) is 44.9. The standard InChI is InChI=1S/C41H34N2O/c1-29-17-10-12-23-34(29)40(33-21-8-5-9-22-33)31(3)41(44)43(38-27-15-11-18-30(38)2)39-28-16-25-35(32-19-6-4-7-20-32)36-24-13-14-26-37(36)42-39/h4-24,26-27H,25H2,1-3H3/b36-35+,40-31+,42-37-. The highest BCUT2D eigenvalue weighted by molar-refractivity contribution is 6.13. The first-order chi connectivity index (χ1) is 21.5. The predicted octanol–water partition coefficient (Wildman–Crippen LogP) is 8.08. The summed E-state index contributed by atoms with van der Waals surface area (Å²) in [5.41, 5.74) is 12.2. The van der Waals surface area contributed by atoms with Gasteiger partial charge in [0, 0.05) is 10.8 Å². The van der Waals surface area contributed by atoms with Gasteiger partial charge in [-0.3, -0.25) is 9.69 Å². The molecular formula is C41H34N2O. The van der Waals surface area contributed by atoms with E-state index >= 15 is 0 Å². The van der Waals surface area contributed by atoms with Gasteiger partial charge in [-0.25, -0.2) is 4.99 Å². The van der Waals surface area contributed by atoms with E-state index in [2.05, 4.69) is 67.3 Å². The lowest BCUT2D eigenvalue weighted by molar-refractivity contribution is -0.114. The SMILES string of the molecule is C/C(C(=O)N(C1=C=CC/C(c2ccccc2)=c2/cccc/c2=N/1)c1ccccc1C)=C(/c1ccccc1)c1ccccc1C. The van der Waals surface area contributed by atoms with Gasteiger partial charge in [-0.2, -0.15) is 0 Å². The Kier molecular flexibility index (Phi) is 8.32. The number of para-hydroxylation sites is 2. The maximum absolute atomic E-state index is 14.9. The van der Waals surface area contributed by atoms with E-state index in [-0.39, 0.29) is 5.91 Å². The van der Waals surface area contributed by atoms with Gasteiger partial charge < -0.3 is 0 Å². The largest absolute Gasteiger partial charge is 0.269 e. The third-order valence-corrected chi connectivity index (χ3v) is 8.06. The van der Waals surface area contributed by atoms with Crippen LogP contribution in [0.1, 0.15) is 41.2 Å². The van der Waals surface area contributed by atoms with Crippen LogP contribution in [0.3, 0.4) is 0 Å².